The van der Waals surface area contributed by atoms with Crippen molar-refractivity contribution < 1.29 is 0 Å². The molecule has 0 bridgehead atoms. The molecule has 7 atom stereocenters. The third-order valence-corrected chi connectivity index (χ3v) is 9.83. The number of hydrogen-bond acceptors (Lipinski definition) is 1. The van der Waals surface area contributed by atoms with E-state index < -0.39 is 0 Å². The monoisotopic (exact) mass is 343 g/mol. The Bertz CT molecular complexity index is 510. The normalized spacial score (nSPS) is 49.1. The molecule has 7 unspecified atom stereocenters. The molecule has 0 spiro atoms. The molecule has 1 nitrogen and oxygen atoms in total. The smallest absolute Gasteiger partial charge is 0.000744 e. The Balaban J connectivity index is 1.48. The maximum absolute atomic E-state index is 5.81. The van der Waals surface area contributed by atoms with E-state index in [4.69, 9.17) is 5.73 Å². The topological polar surface area (TPSA) is 26.0 Å². The van der Waals surface area contributed by atoms with Gasteiger partial charge in [-0.25, -0.2) is 0 Å². The average molecular weight is 344 g/mol. The summed E-state index contributed by atoms with van der Waals surface area (Å²) in [5, 5.41) is 0. The molecule has 0 radical (unpaired) electrons. The first-order chi connectivity index (χ1) is 11.9. The quantitative estimate of drug-likeness (QED) is 0.605. The summed E-state index contributed by atoms with van der Waals surface area (Å²) in [6, 6.07) is 0. The average Bonchev–Trinajstić information content (AvgIpc) is 2.91. The van der Waals surface area contributed by atoms with Gasteiger partial charge in [-0.15, -0.1) is 0 Å². The minimum absolute atomic E-state index is 0.634. The van der Waals surface area contributed by atoms with Gasteiger partial charge in [-0.2, -0.15) is 0 Å². The Kier molecular flexibility index (Phi) is 4.74. The fraction of sp³-hybridized carbons (Fsp3) is 0.917. The molecule has 4 saturated carbocycles. The second kappa shape index (κ2) is 6.61. The molecule has 1 heteroatoms. The van der Waals surface area contributed by atoms with E-state index in [0.717, 1.165) is 41.7 Å². The van der Waals surface area contributed by atoms with Crippen LogP contribution in [0.4, 0.5) is 0 Å². The molecule has 0 aliphatic heterocycles. The lowest BCUT2D eigenvalue weighted by Gasteiger charge is -2.60. The van der Waals surface area contributed by atoms with Gasteiger partial charge in [0, 0.05) is 5.70 Å². The van der Waals surface area contributed by atoms with E-state index >= 15 is 0 Å². The standard InChI is InChI=1S/C24H41N/c1-17(25)7-6-9-19-11-13-21-20-12-10-18-8-4-5-15-23(18,2)22(20)14-16-24(19,21)3/h18-22H,1,4-16,25H2,2-3H3. The van der Waals surface area contributed by atoms with Gasteiger partial charge in [-0.05, 0) is 111 Å². The molecule has 4 rings (SSSR count). The molecule has 4 aliphatic rings. The maximum atomic E-state index is 5.81. The summed E-state index contributed by atoms with van der Waals surface area (Å²) >= 11 is 0. The molecule has 0 aromatic heterocycles. The zero-order chi connectivity index (χ0) is 17.7. The maximum Gasteiger partial charge on any atom is 0.000744 e. The summed E-state index contributed by atoms with van der Waals surface area (Å²) in [6.07, 6.45) is 18.9. The Morgan fingerprint density at radius 2 is 1.72 bits per heavy atom. The fourth-order valence-corrected chi connectivity index (χ4v) is 8.45. The highest BCUT2D eigenvalue weighted by Gasteiger charge is 2.59. The van der Waals surface area contributed by atoms with Crippen LogP contribution in [0.5, 0.6) is 0 Å². The fourth-order valence-electron chi connectivity index (χ4n) is 8.45. The molecule has 2 N–H and O–H groups in total. The van der Waals surface area contributed by atoms with Crippen molar-refractivity contribution in [1.82, 2.24) is 0 Å². The number of nitrogens with two attached hydrogens (primary N) is 1. The van der Waals surface area contributed by atoms with Crippen LogP contribution in [0.25, 0.3) is 0 Å². The van der Waals surface area contributed by atoms with Gasteiger partial charge in [-0.1, -0.05) is 33.3 Å². The van der Waals surface area contributed by atoms with Gasteiger partial charge in [0.15, 0.2) is 0 Å². The molecule has 4 fully saturated rings. The highest BCUT2D eigenvalue weighted by atomic mass is 14.6. The van der Waals surface area contributed by atoms with Crippen LogP contribution >= 0.6 is 0 Å². The van der Waals surface area contributed by atoms with Crippen molar-refractivity contribution in [2.75, 3.05) is 0 Å². The van der Waals surface area contributed by atoms with Gasteiger partial charge in [0.25, 0.3) is 0 Å². The summed E-state index contributed by atoms with van der Waals surface area (Å²) in [4.78, 5) is 0. The van der Waals surface area contributed by atoms with Crippen LogP contribution in [0.3, 0.4) is 0 Å². The van der Waals surface area contributed by atoms with Crippen LogP contribution in [0.1, 0.15) is 97.3 Å². The number of allylic oxidation sites excluding steroid dienone is 1. The zero-order valence-corrected chi connectivity index (χ0v) is 16.9. The lowest BCUT2D eigenvalue weighted by atomic mass is 9.45. The van der Waals surface area contributed by atoms with Crippen molar-refractivity contribution in [2.45, 2.75) is 97.3 Å². The summed E-state index contributed by atoms with van der Waals surface area (Å²) in [6.45, 7) is 9.28. The predicted octanol–water partition coefficient (Wildman–Crippen LogP) is 6.68. The third-order valence-electron chi connectivity index (χ3n) is 9.83. The lowest BCUT2D eigenvalue weighted by Crippen LogP contribution is -2.52. The molecule has 142 valence electrons. The van der Waals surface area contributed by atoms with Crippen molar-refractivity contribution in [3.8, 4) is 0 Å². The van der Waals surface area contributed by atoms with Crippen molar-refractivity contribution in [3.63, 3.8) is 0 Å². The minimum atomic E-state index is 0.634. The first kappa shape index (κ1) is 17.9. The van der Waals surface area contributed by atoms with Gasteiger partial charge in [0.05, 0.1) is 0 Å². The van der Waals surface area contributed by atoms with Gasteiger partial charge in [0.1, 0.15) is 0 Å². The Morgan fingerprint density at radius 3 is 2.52 bits per heavy atom. The largest absolute Gasteiger partial charge is 0.403 e. The summed E-state index contributed by atoms with van der Waals surface area (Å²) in [5.74, 6) is 5.13. The van der Waals surface area contributed by atoms with E-state index in [9.17, 15) is 0 Å². The van der Waals surface area contributed by atoms with E-state index in [0.29, 0.717) is 10.8 Å². The summed E-state index contributed by atoms with van der Waals surface area (Å²) in [5.41, 5.74) is 8.02. The SMILES string of the molecule is C=C(N)CCCC1CCC2C3CCC4CCCCC4(C)C3CCC12C. The Morgan fingerprint density at radius 1 is 0.920 bits per heavy atom. The van der Waals surface area contributed by atoms with E-state index in [1.54, 1.807) is 12.8 Å². The van der Waals surface area contributed by atoms with Gasteiger partial charge >= 0.3 is 0 Å². The third kappa shape index (κ3) is 2.88. The van der Waals surface area contributed by atoms with Crippen LogP contribution in [0, 0.1) is 40.4 Å². The predicted molar refractivity (Wildman–Crippen MR) is 107 cm³/mol. The van der Waals surface area contributed by atoms with E-state index in [-0.39, 0.29) is 0 Å². The minimum Gasteiger partial charge on any atom is -0.403 e. The zero-order valence-electron chi connectivity index (χ0n) is 16.9. The highest BCUT2D eigenvalue weighted by Crippen LogP contribution is 2.67. The second-order valence-electron chi connectivity index (χ2n) is 10.8. The van der Waals surface area contributed by atoms with Crippen LogP contribution in [-0.4, -0.2) is 0 Å². The van der Waals surface area contributed by atoms with Crippen LogP contribution in [-0.2, 0) is 0 Å². The summed E-state index contributed by atoms with van der Waals surface area (Å²) in [7, 11) is 0. The molecule has 0 saturated heterocycles. The number of hydrogen-bond donors (Lipinski definition) is 1. The van der Waals surface area contributed by atoms with Crippen molar-refractivity contribution in [3.05, 3.63) is 12.3 Å². The molecule has 4 aliphatic carbocycles. The van der Waals surface area contributed by atoms with E-state index in [2.05, 4.69) is 20.4 Å². The van der Waals surface area contributed by atoms with Gasteiger partial charge < -0.3 is 5.73 Å². The first-order valence-electron chi connectivity index (χ1n) is 11.4. The van der Waals surface area contributed by atoms with E-state index in [1.807, 2.05) is 0 Å². The van der Waals surface area contributed by atoms with Crippen molar-refractivity contribution in [1.29, 1.82) is 0 Å². The molecule has 0 aromatic rings. The Hall–Kier alpha value is -0.460. The highest BCUT2D eigenvalue weighted by molar-refractivity contribution is 5.08. The first-order valence-corrected chi connectivity index (χ1v) is 11.4. The van der Waals surface area contributed by atoms with Gasteiger partial charge in [0.2, 0.25) is 0 Å². The van der Waals surface area contributed by atoms with Crippen LogP contribution in [0.2, 0.25) is 0 Å². The van der Waals surface area contributed by atoms with Crippen molar-refractivity contribution >= 4 is 0 Å². The number of fused-ring (bicyclic) bond motifs is 5. The number of rotatable bonds is 4. The molecular weight excluding hydrogens is 302 g/mol. The second-order valence-corrected chi connectivity index (χ2v) is 10.8. The molecule has 0 heterocycles. The molecule has 0 amide bonds. The van der Waals surface area contributed by atoms with Crippen LogP contribution in [0.15, 0.2) is 12.3 Å². The molecule has 25 heavy (non-hydrogen) atoms. The van der Waals surface area contributed by atoms with Gasteiger partial charge in [-0.3, -0.25) is 0 Å². The Labute approximate surface area is 156 Å². The summed E-state index contributed by atoms with van der Waals surface area (Å²) < 4.78 is 0. The van der Waals surface area contributed by atoms with Crippen LogP contribution < -0.4 is 5.73 Å². The molecule has 0 aromatic carbocycles. The lowest BCUT2D eigenvalue weighted by molar-refractivity contribution is -0.111. The molecular formula is C24H41N. The van der Waals surface area contributed by atoms with Crippen molar-refractivity contribution in [2.24, 2.45) is 46.2 Å². The van der Waals surface area contributed by atoms with E-state index in [1.165, 1.54) is 64.2 Å².